The maximum atomic E-state index is 12.9. The van der Waals surface area contributed by atoms with Gasteiger partial charge in [0.05, 0.1) is 24.3 Å². The Labute approximate surface area is 157 Å². The second kappa shape index (κ2) is 7.22. The zero-order valence-corrected chi connectivity index (χ0v) is 15.5. The van der Waals surface area contributed by atoms with E-state index in [0.29, 0.717) is 22.2 Å². The van der Waals surface area contributed by atoms with Crippen molar-refractivity contribution in [3.8, 4) is 17.1 Å². The highest BCUT2D eigenvalue weighted by Gasteiger charge is 2.31. The molecule has 0 aliphatic heterocycles. The Kier molecular flexibility index (Phi) is 5.00. The molecule has 1 aromatic heterocycles. The van der Waals surface area contributed by atoms with E-state index >= 15 is 0 Å². The molecular weight excluding hydrogens is 352 g/mol. The molecule has 0 atom stereocenters. The molecule has 0 saturated heterocycles. The normalized spacial score (nSPS) is 11.2. The Morgan fingerprint density at radius 2 is 2.00 bits per heavy atom. The van der Waals surface area contributed by atoms with Gasteiger partial charge in [0.15, 0.2) is 12.2 Å². The van der Waals surface area contributed by atoms with E-state index in [0.717, 1.165) is 11.1 Å². The SMILES string of the molecule is COc1cc(NC(=O)C(C)(C)c2ccccc2Cl)ccc1-c1cnco1. The van der Waals surface area contributed by atoms with E-state index in [1.807, 2.05) is 38.1 Å². The van der Waals surface area contributed by atoms with Crippen LogP contribution in [0.1, 0.15) is 19.4 Å². The van der Waals surface area contributed by atoms with E-state index in [1.165, 1.54) is 6.39 Å². The Balaban J connectivity index is 1.87. The Morgan fingerprint density at radius 3 is 2.65 bits per heavy atom. The number of halogens is 1. The zero-order valence-electron chi connectivity index (χ0n) is 14.7. The molecule has 3 rings (SSSR count). The number of hydrogen-bond donors (Lipinski definition) is 1. The van der Waals surface area contributed by atoms with Crippen molar-refractivity contribution in [3.05, 3.63) is 65.6 Å². The predicted octanol–water partition coefficient (Wildman–Crippen LogP) is 4.92. The van der Waals surface area contributed by atoms with Crippen LogP contribution in [0.3, 0.4) is 0 Å². The average Bonchev–Trinajstić information content (AvgIpc) is 3.16. The summed E-state index contributed by atoms with van der Waals surface area (Å²) in [5.41, 5.74) is 1.35. The van der Waals surface area contributed by atoms with Gasteiger partial charge >= 0.3 is 0 Å². The molecule has 0 unspecified atom stereocenters. The van der Waals surface area contributed by atoms with Crippen molar-refractivity contribution in [1.29, 1.82) is 0 Å². The molecule has 0 fully saturated rings. The first-order valence-corrected chi connectivity index (χ1v) is 8.44. The molecule has 3 aromatic rings. The highest BCUT2D eigenvalue weighted by atomic mass is 35.5. The van der Waals surface area contributed by atoms with Crippen molar-refractivity contribution in [2.24, 2.45) is 0 Å². The van der Waals surface area contributed by atoms with Crippen molar-refractivity contribution in [2.45, 2.75) is 19.3 Å². The molecule has 5 nitrogen and oxygen atoms in total. The second-order valence-electron chi connectivity index (χ2n) is 6.34. The molecule has 134 valence electrons. The van der Waals surface area contributed by atoms with Gasteiger partial charge < -0.3 is 14.5 Å². The van der Waals surface area contributed by atoms with Crippen LogP contribution < -0.4 is 10.1 Å². The van der Waals surface area contributed by atoms with Crippen LogP contribution in [-0.2, 0) is 10.2 Å². The molecule has 1 amide bonds. The molecule has 0 aliphatic carbocycles. The van der Waals surface area contributed by atoms with Gasteiger partial charge in [-0.15, -0.1) is 0 Å². The maximum absolute atomic E-state index is 12.9. The number of hydrogen-bond acceptors (Lipinski definition) is 4. The summed E-state index contributed by atoms with van der Waals surface area (Å²) in [6.07, 6.45) is 2.97. The van der Waals surface area contributed by atoms with Gasteiger partial charge in [-0.2, -0.15) is 0 Å². The number of nitrogens with one attached hydrogen (secondary N) is 1. The van der Waals surface area contributed by atoms with Gasteiger partial charge in [-0.1, -0.05) is 29.8 Å². The number of rotatable bonds is 5. The lowest BCUT2D eigenvalue weighted by Crippen LogP contribution is -2.35. The first-order chi connectivity index (χ1) is 12.4. The molecule has 6 heteroatoms. The quantitative estimate of drug-likeness (QED) is 0.692. The molecule has 0 bridgehead atoms. The van der Waals surface area contributed by atoms with Gasteiger partial charge in [-0.3, -0.25) is 4.79 Å². The number of oxazole rings is 1. The summed E-state index contributed by atoms with van der Waals surface area (Å²) < 4.78 is 10.7. The van der Waals surface area contributed by atoms with Crippen molar-refractivity contribution < 1.29 is 13.9 Å². The average molecular weight is 371 g/mol. The van der Waals surface area contributed by atoms with Crippen molar-refractivity contribution >= 4 is 23.2 Å². The Hall–Kier alpha value is -2.79. The zero-order chi connectivity index (χ0) is 18.7. The first kappa shape index (κ1) is 18.0. The maximum Gasteiger partial charge on any atom is 0.234 e. The summed E-state index contributed by atoms with van der Waals surface area (Å²) in [6.45, 7) is 3.67. The molecule has 0 spiro atoms. The number of anilines is 1. The van der Waals surface area contributed by atoms with E-state index < -0.39 is 5.41 Å². The fourth-order valence-corrected chi connectivity index (χ4v) is 3.07. The molecule has 0 radical (unpaired) electrons. The number of benzene rings is 2. The molecular formula is C20H19ClN2O3. The summed E-state index contributed by atoms with van der Waals surface area (Å²) in [4.78, 5) is 16.8. The van der Waals surface area contributed by atoms with E-state index in [1.54, 1.807) is 31.5 Å². The largest absolute Gasteiger partial charge is 0.496 e. The van der Waals surface area contributed by atoms with Crippen molar-refractivity contribution in [1.82, 2.24) is 4.98 Å². The lowest BCUT2D eigenvalue weighted by Gasteiger charge is -2.25. The third-order valence-electron chi connectivity index (χ3n) is 4.27. The predicted molar refractivity (Wildman–Crippen MR) is 102 cm³/mol. The minimum absolute atomic E-state index is 0.167. The van der Waals surface area contributed by atoms with Gasteiger partial charge in [-0.05, 0) is 37.6 Å². The van der Waals surface area contributed by atoms with Gasteiger partial charge in [0.1, 0.15) is 5.75 Å². The smallest absolute Gasteiger partial charge is 0.234 e. The topological polar surface area (TPSA) is 64.4 Å². The summed E-state index contributed by atoms with van der Waals surface area (Å²) in [7, 11) is 1.56. The van der Waals surface area contributed by atoms with Gasteiger partial charge in [-0.25, -0.2) is 4.98 Å². The van der Waals surface area contributed by atoms with Crippen LogP contribution >= 0.6 is 11.6 Å². The van der Waals surface area contributed by atoms with Gasteiger partial charge in [0.25, 0.3) is 0 Å². The minimum Gasteiger partial charge on any atom is -0.496 e. The van der Waals surface area contributed by atoms with E-state index in [2.05, 4.69) is 10.3 Å². The third-order valence-corrected chi connectivity index (χ3v) is 4.60. The van der Waals surface area contributed by atoms with E-state index in [9.17, 15) is 4.79 Å². The minimum atomic E-state index is -0.796. The third kappa shape index (κ3) is 3.44. The van der Waals surface area contributed by atoms with E-state index in [-0.39, 0.29) is 5.91 Å². The van der Waals surface area contributed by atoms with Crippen LogP contribution in [0.4, 0.5) is 5.69 Å². The van der Waals surface area contributed by atoms with Crippen LogP contribution in [0, 0.1) is 0 Å². The van der Waals surface area contributed by atoms with Crippen LogP contribution in [0.15, 0.2) is 59.5 Å². The standard InChI is InChI=1S/C20H19ClN2O3/c1-20(2,15-6-4-5-7-16(15)21)19(24)23-13-8-9-14(17(10-13)25-3)18-11-22-12-26-18/h4-12H,1-3H3,(H,23,24). The van der Waals surface area contributed by atoms with Crippen LogP contribution in [-0.4, -0.2) is 18.0 Å². The highest BCUT2D eigenvalue weighted by molar-refractivity contribution is 6.31. The van der Waals surface area contributed by atoms with Crippen LogP contribution in [0.5, 0.6) is 5.75 Å². The number of methoxy groups -OCH3 is 1. The number of amides is 1. The number of carbonyl (C=O) groups is 1. The Bertz CT molecular complexity index is 921. The Morgan fingerprint density at radius 1 is 1.23 bits per heavy atom. The second-order valence-corrected chi connectivity index (χ2v) is 6.75. The highest BCUT2D eigenvalue weighted by Crippen LogP contribution is 2.34. The van der Waals surface area contributed by atoms with Crippen LogP contribution in [0.25, 0.3) is 11.3 Å². The number of ether oxygens (including phenoxy) is 1. The fraction of sp³-hybridized carbons (Fsp3) is 0.200. The van der Waals surface area contributed by atoms with E-state index in [4.69, 9.17) is 20.8 Å². The monoisotopic (exact) mass is 370 g/mol. The lowest BCUT2D eigenvalue weighted by atomic mass is 9.83. The van der Waals surface area contributed by atoms with Gasteiger partial charge in [0.2, 0.25) is 5.91 Å². The number of carbonyl (C=O) groups excluding carboxylic acids is 1. The van der Waals surface area contributed by atoms with Crippen molar-refractivity contribution in [2.75, 3.05) is 12.4 Å². The molecule has 0 aliphatic rings. The summed E-state index contributed by atoms with van der Waals surface area (Å²) >= 11 is 6.26. The molecule has 1 heterocycles. The fourth-order valence-electron chi connectivity index (χ4n) is 2.70. The number of aromatic nitrogens is 1. The summed E-state index contributed by atoms with van der Waals surface area (Å²) in [6, 6.07) is 12.7. The van der Waals surface area contributed by atoms with Gasteiger partial charge in [0, 0.05) is 16.8 Å². The molecule has 26 heavy (non-hydrogen) atoms. The van der Waals surface area contributed by atoms with Crippen LogP contribution in [0.2, 0.25) is 5.02 Å². The molecule has 0 saturated carbocycles. The number of nitrogens with zero attached hydrogens (tertiary/aromatic N) is 1. The lowest BCUT2D eigenvalue weighted by molar-refractivity contribution is -0.120. The molecule has 2 aromatic carbocycles. The summed E-state index contributed by atoms with van der Waals surface area (Å²) in [5.74, 6) is 1.01. The summed E-state index contributed by atoms with van der Waals surface area (Å²) in [5, 5.41) is 3.49. The first-order valence-electron chi connectivity index (χ1n) is 8.07. The molecule has 1 N–H and O–H groups in total. The van der Waals surface area contributed by atoms with Crippen molar-refractivity contribution in [3.63, 3.8) is 0 Å².